The number of imidazole rings is 1. The van der Waals surface area contributed by atoms with E-state index in [1.807, 2.05) is 17.1 Å². The van der Waals surface area contributed by atoms with E-state index < -0.39 is 30.0 Å². The van der Waals surface area contributed by atoms with Crippen molar-refractivity contribution in [3.8, 4) is 11.4 Å². The molecule has 1 fully saturated rings. The second-order valence-electron chi connectivity index (χ2n) is 8.38. The van der Waals surface area contributed by atoms with Gasteiger partial charge in [-0.1, -0.05) is 6.07 Å². The van der Waals surface area contributed by atoms with Gasteiger partial charge < -0.3 is 20.9 Å². The first-order valence-electron chi connectivity index (χ1n) is 9.97. The van der Waals surface area contributed by atoms with Crippen molar-refractivity contribution in [1.82, 2.24) is 20.3 Å². The Morgan fingerprint density at radius 1 is 1.34 bits per heavy atom. The average Bonchev–Trinajstić information content (AvgIpc) is 3.32. The van der Waals surface area contributed by atoms with Crippen molar-refractivity contribution < 1.29 is 22.4 Å². The van der Waals surface area contributed by atoms with Gasteiger partial charge in [-0.25, -0.2) is 9.37 Å². The molecule has 2 aromatic heterocycles. The van der Waals surface area contributed by atoms with Crippen LogP contribution in [0.3, 0.4) is 0 Å². The third-order valence-electron chi connectivity index (χ3n) is 5.48. The number of carbonyl (C=O) groups is 1. The third kappa shape index (κ3) is 4.24. The van der Waals surface area contributed by atoms with Crippen molar-refractivity contribution in [2.75, 3.05) is 24.5 Å². The molecule has 1 aromatic carbocycles. The molecule has 0 aliphatic carbocycles. The summed E-state index contributed by atoms with van der Waals surface area (Å²) in [6, 6.07) is 2.92. The van der Waals surface area contributed by atoms with Crippen LogP contribution in [0.5, 0.6) is 0 Å². The Morgan fingerprint density at radius 3 is 2.72 bits per heavy atom. The van der Waals surface area contributed by atoms with Crippen molar-refractivity contribution >= 4 is 22.6 Å². The monoisotopic (exact) mass is 450 g/mol. The van der Waals surface area contributed by atoms with Gasteiger partial charge in [0.15, 0.2) is 0 Å². The molecular formula is C21H22F4N6O. The topological polar surface area (TPSA) is 99.9 Å². The van der Waals surface area contributed by atoms with Crippen LogP contribution in [-0.2, 0) is 0 Å². The normalized spacial score (nSPS) is 19.0. The van der Waals surface area contributed by atoms with Crippen molar-refractivity contribution in [3.05, 3.63) is 41.5 Å². The summed E-state index contributed by atoms with van der Waals surface area (Å²) < 4.78 is 52.3. The summed E-state index contributed by atoms with van der Waals surface area (Å²) in [5, 5.41) is 1.89. The van der Waals surface area contributed by atoms with Crippen LogP contribution < -0.4 is 16.0 Å². The lowest BCUT2D eigenvalue weighted by molar-refractivity contribution is -0.123. The van der Waals surface area contributed by atoms with Gasteiger partial charge in [0.1, 0.15) is 23.7 Å². The minimum Gasteiger partial charge on any atom is -0.368 e. The van der Waals surface area contributed by atoms with Gasteiger partial charge in [-0.2, -0.15) is 13.2 Å². The van der Waals surface area contributed by atoms with Crippen LogP contribution >= 0.6 is 0 Å². The highest BCUT2D eigenvalue weighted by atomic mass is 19.4. The van der Waals surface area contributed by atoms with Gasteiger partial charge >= 0.3 is 6.18 Å². The van der Waals surface area contributed by atoms with Crippen LogP contribution in [0.25, 0.3) is 22.4 Å². The minimum atomic E-state index is -4.56. The average molecular weight is 450 g/mol. The molecule has 3 aromatic rings. The number of alkyl halides is 3. The van der Waals surface area contributed by atoms with E-state index in [-0.39, 0.29) is 16.9 Å². The molecular weight excluding hydrogens is 428 g/mol. The van der Waals surface area contributed by atoms with Gasteiger partial charge in [0.2, 0.25) is 0 Å². The molecule has 1 aliphatic heterocycles. The SMILES string of the molecule is Cc1ccc(F)c2[nH]c(-c3cncc(C(=O)NCC(F)(F)F)c3N3CC[C@](C)(N)C3)nc12. The maximum Gasteiger partial charge on any atom is 0.405 e. The maximum atomic E-state index is 14.3. The summed E-state index contributed by atoms with van der Waals surface area (Å²) in [5.74, 6) is -1.16. The van der Waals surface area contributed by atoms with Crippen molar-refractivity contribution in [2.45, 2.75) is 32.0 Å². The molecule has 7 nitrogen and oxygen atoms in total. The molecule has 3 heterocycles. The van der Waals surface area contributed by atoms with E-state index in [9.17, 15) is 22.4 Å². The number of aryl methyl sites for hydroxylation is 1. The first kappa shape index (κ1) is 22.0. The first-order valence-corrected chi connectivity index (χ1v) is 9.97. The molecule has 32 heavy (non-hydrogen) atoms. The van der Waals surface area contributed by atoms with Crippen LogP contribution in [0.4, 0.5) is 23.2 Å². The number of pyridine rings is 1. The van der Waals surface area contributed by atoms with Crippen LogP contribution in [0.2, 0.25) is 0 Å². The Balaban J connectivity index is 1.85. The zero-order chi connectivity index (χ0) is 23.3. The van der Waals surface area contributed by atoms with E-state index in [4.69, 9.17) is 5.73 Å². The van der Waals surface area contributed by atoms with Crippen LogP contribution in [0.15, 0.2) is 24.5 Å². The van der Waals surface area contributed by atoms with E-state index in [2.05, 4.69) is 15.0 Å². The van der Waals surface area contributed by atoms with E-state index >= 15 is 0 Å². The molecule has 4 rings (SSSR count). The van der Waals surface area contributed by atoms with E-state index in [0.29, 0.717) is 36.3 Å². The zero-order valence-corrected chi connectivity index (χ0v) is 17.5. The van der Waals surface area contributed by atoms with Gasteiger partial charge in [0.05, 0.1) is 22.3 Å². The highest BCUT2D eigenvalue weighted by Gasteiger charge is 2.35. The number of carbonyl (C=O) groups excluding carboxylic acids is 1. The summed E-state index contributed by atoms with van der Waals surface area (Å²) in [4.78, 5) is 26.0. The number of benzene rings is 1. The zero-order valence-electron chi connectivity index (χ0n) is 17.5. The lowest BCUT2D eigenvalue weighted by atomic mass is 10.0. The lowest BCUT2D eigenvalue weighted by Crippen LogP contribution is -2.40. The summed E-state index contributed by atoms with van der Waals surface area (Å²) in [6.45, 7) is 3.03. The molecule has 0 unspecified atom stereocenters. The summed E-state index contributed by atoms with van der Waals surface area (Å²) in [6.07, 6.45) is -1.28. The number of nitrogens with zero attached hydrogens (tertiary/aromatic N) is 3. The second kappa shape index (κ2) is 7.73. The Labute approximate surface area is 181 Å². The largest absolute Gasteiger partial charge is 0.405 e. The van der Waals surface area contributed by atoms with E-state index in [0.717, 1.165) is 5.56 Å². The number of amides is 1. The Bertz CT molecular complexity index is 1150. The Hall–Kier alpha value is -3.21. The molecule has 1 aliphatic rings. The number of anilines is 1. The molecule has 11 heteroatoms. The maximum absolute atomic E-state index is 14.3. The van der Waals surface area contributed by atoms with Crippen molar-refractivity contribution in [1.29, 1.82) is 0 Å². The van der Waals surface area contributed by atoms with E-state index in [1.54, 1.807) is 13.0 Å². The standard InChI is InChI=1S/C21H22F4N6O/c1-11-3-4-14(22)16-15(11)29-18(30-16)12-7-27-8-13(19(32)28-9-21(23,24)25)17(12)31-6-5-20(2,26)10-31/h3-4,7-8H,5-6,9-10,26H2,1-2H3,(H,28,32)(H,29,30)/t20-/m0/s1. The summed E-state index contributed by atoms with van der Waals surface area (Å²) >= 11 is 0. The quantitative estimate of drug-likeness (QED) is 0.530. The number of hydrogen-bond donors (Lipinski definition) is 3. The highest BCUT2D eigenvalue weighted by molar-refractivity contribution is 6.03. The predicted octanol–water partition coefficient (Wildman–Crippen LogP) is 3.29. The molecule has 4 N–H and O–H groups in total. The fraction of sp³-hybridized carbons (Fsp3) is 0.381. The van der Waals surface area contributed by atoms with Crippen LogP contribution in [-0.4, -0.2) is 52.2 Å². The summed E-state index contributed by atoms with van der Waals surface area (Å²) in [7, 11) is 0. The number of aromatic amines is 1. The van der Waals surface area contributed by atoms with Gasteiger partial charge in [0.25, 0.3) is 5.91 Å². The molecule has 0 bridgehead atoms. The van der Waals surface area contributed by atoms with Crippen LogP contribution in [0.1, 0.15) is 29.3 Å². The number of halogens is 4. The molecule has 0 saturated carbocycles. The van der Waals surface area contributed by atoms with Crippen molar-refractivity contribution in [2.24, 2.45) is 5.73 Å². The van der Waals surface area contributed by atoms with Crippen LogP contribution in [0, 0.1) is 12.7 Å². The fourth-order valence-electron chi connectivity index (χ4n) is 3.90. The van der Waals surface area contributed by atoms with Gasteiger partial charge in [-0.15, -0.1) is 0 Å². The second-order valence-corrected chi connectivity index (χ2v) is 8.38. The molecule has 170 valence electrons. The number of rotatable bonds is 4. The Kier molecular flexibility index (Phi) is 5.32. The lowest BCUT2D eigenvalue weighted by Gasteiger charge is -2.25. The molecule has 0 radical (unpaired) electrons. The molecule has 1 amide bonds. The fourth-order valence-corrected chi connectivity index (χ4v) is 3.90. The molecule has 0 spiro atoms. The highest BCUT2D eigenvalue weighted by Crippen LogP contribution is 2.37. The molecule has 1 atom stereocenters. The van der Waals surface area contributed by atoms with Gasteiger partial charge in [0, 0.05) is 31.0 Å². The van der Waals surface area contributed by atoms with Gasteiger partial charge in [-0.05, 0) is 31.9 Å². The summed E-state index contributed by atoms with van der Waals surface area (Å²) in [5.41, 5.74) is 7.76. The minimum absolute atomic E-state index is 0.0397. The Morgan fingerprint density at radius 2 is 2.09 bits per heavy atom. The first-order chi connectivity index (χ1) is 15.0. The number of H-pyrrole nitrogens is 1. The smallest absolute Gasteiger partial charge is 0.368 e. The van der Waals surface area contributed by atoms with E-state index in [1.165, 1.54) is 18.5 Å². The number of aromatic nitrogens is 3. The van der Waals surface area contributed by atoms with Gasteiger partial charge in [-0.3, -0.25) is 9.78 Å². The predicted molar refractivity (Wildman–Crippen MR) is 112 cm³/mol. The number of nitrogens with one attached hydrogen (secondary N) is 2. The number of fused-ring (bicyclic) bond motifs is 1. The number of hydrogen-bond acceptors (Lipinski definition) is 5. The third-order valence-corrected chi connectivity index (χ3v) is 5.48. The number of nitrogens with two attached hydrogens (primary N) is 1. The molecule has 1 saturated heterocycles. The van der Waals surface area contributed by atoms with Crippen molar-refractivity contribution in [3.63, 3.8) is 0 Å².